The van der Waals surface area contributed by atoms with Crippen molar-refractivity contribution < 1.29 is 4.79 Å². The van der Waals surface area contributed by atoms with Gasteiger partial charge in [0.05, 0.1) is 6.20 Å². The fourth-order valence-electron chi connectivity index (χ4n) is 4.29. The van der Waals surface area contributed by atoms with E-state index in [1.54, 1.807) is 6.20 Å². The number of nitrogens with zero attached hydrogens (tertiary/aromatic N) is 2. The quantitative estimate of drug-likeness (QED) is 0.814. The molecule has 1 aromatic carbocycles. The van der Waals surface area contributed by atoms with E-state index < -0.39 is 0 Å². The summed E-state index contributed by atoms with van der Waals surface area (Å²) in [5.41, 5.74) is 1.28. The van der Waals surface area contributed by atoms with Crippen LogP contribution in [0.3, 0.4) is 0 Å². The van der Waals surface area contributed by atoms with Crippen molar-refractivity contribution in [2.75, 3.05) is 5.32 Å². The second-order valence-electron chi connectivity index (χ2n) is 7.40. The van der Waals surface area contributed by atoms with Gasteiger partial charge in [0.25, 0.3) is 0 Å². The maximum absolute atomic E-state index is 12.5. The minimum absolute atomic E-state index is 0. The maximum atomic E-state index is 12.5. The van der Waals surface area contributed by atoms with E-state index in [-0.39, 0.29) is 18.3 Å². The molecule has 2 unspecified atom stereocenters. The molecule has 6 heteroatoms. The molecule has 3 heterocycles. The van der Waals surface area contributed by atoms with Gasteiger partial charge in [0.1, 0.15) is 5.82 Å². The molecule has 2 fully saturated rings. The van der Waals surface area contributed by atoms with E-state index >= 15 is 0 Å². The van der Waals surface area contributed by atoms with Crippen molar-refractivity contribution in [2.45, 2.75) is 57.2 Å². The summed E-state index contributed by atoms with van der Waals surface area (Å²) in [7, 11) is 0. The number of amides is 1. The van der Waals surface area contributed by atoms with Gasteiger partial charge in [-0.05, 0) is 43.6 Å². The third-order valence-corrected chi connectivity index (χ3v) is 5.48. The van der Waals surface area contributed by atoms with Crippen LogP contribution < -0.4 is 10.6 Å². The Morgan fingerprint density at radius 1 is 1.15 bits per heavy atom. The van der Waals surface area contributed by atoms with Crippen LogP contribution in [0.5, 0.6) is 0 Å². The molecule has 1 amide bonds. The SMILES string of the molecule is Cl.O=C(CC1CC2CCC(C1)N2)Nc1ccnn1CCc1ccccc1. The number of hydrogen-bond donors (Lipinski definition) is 2. The van der Waals surface area contributed by atoms with Gasteiger partial charge in [-0.1, -0.05) is 30.3 Å². The molecule has 2 aliphatic rings. The van der Waals surface area contributed by atoms with Crippen molar-refractivity contribution in [3.05, 3.63) is 48.2 Å². The van der Waals surface area contributed by atoms with Gasteiger partial charge in [-0.3, -0.25) is 4.79 Å². The van der Waals surface area contributed by atoms with Crippen LogP contribution in [0, 0.1) is 5.92 Å². The molecule has 2 aromatic rings. The van der Waals surface area contributed by atoms with Crippen molar-refractivity contribution in [2.24, 2.45) is 5.92 Å². The highest BCUT2D eigenvalue weighted by atomic mass is 35.5. The second kappa shape index (κ2) is 8.69. The minimum atomic E-state index is 0. The van der Waals surface area contributed by atoms with Gasteiger partial charge >= 0.3 is 0 Å². The number of halogens is 1. The molecule has 2 bridgehead atoms. The molecule has 2 N–H and O–H groups in total. The first-order chi connectivity index (χ1) is 12.3. The third kappa shape index (κ3) is 4.65. The van der Waals surface area contributed by atoms with Gasteiger partial charge in [-0.15, -0.1) is 12.4 Å². The van der Waals surface area contributed by atoms with E-state index in [1.165, 1.54) is 18.4 Å². The first-order valence-electron chi connectivity index (χ1n) is 9.38. The predicted octanol–water partition coefficient (Wildman–Crippen LogP) is 3.41. The van der Waals surface area contributed by atoms with Crippen molar-refractivity contribution in [1.82, 2.24) is 15.1 Å². The van der Waals surface area contributed by atoms with Crippen LogP contribution in [-0.4, -0.2) is 27.8 Å². The summed E-state index contributed by atoms with van der Waals surface area (Å²) in [5, 5.41) is 11.1. The Bertz CT molecular complexity index is 706. The molecule has 2 aliphatic heterocycles. The second-order valence-corrected chi connectivity index (χ2v) is 7.40. The molecule has 26 heavy (non-hydrogen) atoms. The predicted molar refractivity (Wildman–Crippen MR) is 106 cm³/mol. The molecule has 4 rings (SSSR count). The largest absolute Gasteiger partial charge is 0.311 e. The van der Waals surface area contributed by atoms with Crippen LogP contribution in [0.4, 0.5) is 5.82 Å². The van der Waals surface area contributed by atoms with Crippen molar-refractivity contribution in [3.63, 3.8) is 0 Å². The smallest absolute Gasteiger partial charge is 0.225 e. The maximum Gasteiger partial charge on any atom is 0.225 e. The highest BCUT2D eigenvalue weighted by Gasteiger charge is 2.34. The number of hydrogen-bond acceptors (Lipinski definition) is 3. The zero-order valence-corrected chi connectivity index (χ0v) is 15.8. The fraction of sp³-hybridized carbons (Fsp3) is 0.500. The molecule has 2 saturated heterocycles. The number of aryl methyl sites for hydroxylation is 2. The number of fused-ring (bicyclic) bond motifs is 2. The highest BCUT2D eigenvalue weighted by molar-refractivity contribution is 5.90. The number of carbonyl (C=O) groups is 1. The third-order valence-electron chi connectivity index (χ3n) is 5.48. The number of piperidine rings is 1. The van der Waals surface area contributed by atoms with Gasteiger partial charge < -0.3 is 10.6 Å². The Morgan fingerprint density at radius 2 is 1.88 bits per heavy atom. The van der Waals surface area contributed by atoms with Crippen LogP contribution in [0.15, 0.2) is 42.6 Å². The first-order valence-corrected chi connectivity index (χ1v) is 9.38. The molecular formula is C20H27ClN4O. The zero-order valence-electron chi connectivity index (χ0n) is 14.9. The normalized spacial score (nSPS) is 24.1. The lowest BCUT2D eigenvalue weighted by Crippen LogP contribution is -2.39. The van der Waals surface area contributed by atoms with E-state index in [2.05, 4.69) is 27.9 Å². The molecule has 1 aromatic heterocycles. The Balaban J connectivity index is 0.00000196. The molecule has 2 atom stereocenters. The van der Waals surface area contributed by atoms with Gasteiger partial charge in [-0.2, -0.15) is 5.10 Å². The molecule has 0 radical (unpaired) electrons. The lowest BCUT2D eigenvalue weighted by atomic mass is 9.89. The number of nitrogens with one attached hydrogen (secondary N) is 2. The number of aromatic nitrogens is 2. The number of carbonyl (C=O) groups excluding carboxylic acids is 1. The van der Waals surface area contributed by atoms with Gasteiger partial charge in [0.15, 0.2) is 0 Å². The minimum Gasteiger partial charge on any atom is -0.311 e. The average molecular weight is 375 g/mol. The summed E-state index contributed by atoms with van der Waals surface area (Å²) in [6.07, 6.45) is 8.10. The molecule has 5 nitrogen and oxygen atoms in total. The first kappa shape index (κ1) is 18.9. The topological polar surface area (TPSA) is 59.0 Å². The van der Waals surface area contributed by atoms with Gasteiger partial charge in [0, 0.05) is 31.1 Å². The Labute approximate surface area is 161 Å². The Morgan fingerprint density at radius 3 is 2.62 bits per heavy atom. The summed E-state index contributed by atoms with van der Waals surface area (Å²) < 4.78 is 1.89. The lowest BCUT2D eigenvalue weighted by molar-refractivity contribution is -0.117. The molecule has 0 spiro atoms. The fourth-order valence-corrected chi connectivity index (χ4v) is 4.29. The van der Waals surface area contributed by atoms with Crippen molar-refractivity contribution in [1.29, 1.82) is 0 Å². The van der Waals surface area contributed by atoms with Crippen LogP contribution in [-0.2, 0) is 17.8 Å². The van der Waals surface area contributed by atoms with Gasteiger partial charge in [0.2, 0.25) is 5.91 Å². The number of rotatable bonds is 6. The van der Waals surface area contributed by atoms with Crippen molar-refractivity contribution in [3.8, 4) is 0 Å². The number of benzene rings is 1. The molecule has 140 valence electrons. The average Bonchev–Trinajstić information content (AvgIpc) is 3.19. The molecule has 0 aliphatic carbocycles. The van der Waals surface area contributed by atoms with Crippen LogP contribution >= 0.6 is 12.4 Å². The summed E-state index contributed by atoms with van der Waals surface area (Å²) >= 11 is 0. The zero-order chi connectivity index (χ0) is 17.1. The van der Waals surface area contributed by atoms with E-state index in [4.69, 9.17) is 0 Å². The number of anilines is 1. The lowest BCUT2D eigenvalue weighted by Gasteiger charge is -2.28. The van der Waals surface area contributed by atoms with E-state index in [9.17, 15) is 4.79 Å². The monoisotopic (exact) mass is 374 g/mol. The Kier molecular flexibility index (Phi) is 6.33. The molecule has 0 saturated carbocycles. The van der Waals surface area contributed by atoms with Crippen LogP contribution in [0.2, 0.25) is 0 Å². The van der Waals surface area contributed by atoms with Crippen LogP contribution in [0.1, 0.15) is 37.7 Å². The summed E-state index contributed by atoms with van der Waals surface area (Å²) in [6, 6.07) is 13.5. The van der Waals surface area contributed by atoms with Crippen molar-refractivity contribution >= 4 is 24.1 Å². The molecular weight excluding hydrogens is 348 g/mol. The Hall–Kier alpha value is -1.85. The standard InChI is InChI=1S/C20H26N4O.ClH/c25-20(14-16-12-17-6-7-18(13-16)22-17)23-19-8-10-21-24(19)11-9-15-4-2-1-3-5-15;/h1-5,8,10,16-18,22H,6-7,9,11-14H2,(H,23,25);1H. The highest BCUT2D eigenvalue weighted by Crippen LogP contribution is 2.32. The van der Waals surface area contributed by atoms with E-state index in [0.29, 0.717) is 24.4 Å². The summed E-state index contributed by atoms with van der Waals surface area (Å²) in [5.74, 6) is 1.44. The summed E-state index contributed by atoms with van der Waals surface area (Å²) in [6.45, 7) is 0.768. The summed E-state index contributed by atoms with van der Waals surface area (Å²) in [4.78, 5) is 12.5. The van der Waals surface area contributed by atoms with Gasteiger partial charge in [-0.25, -0.2) is 4.68 Å². The van der Waals surface area contributed by atoms with Crippen LogP contribution in [0.25, 0.3) is 0 Å². The van der Waals surface area contributed by atoms with E-state index in [0.717, 1.165) is 31.6 Å². The van der Waals surface area contributed by atoms with E-state index in [1.807, 2.05) is 28.9 Å².